The Bertz CT molecular complexity index is 1210. The molecule has 1 aliphatic heterocycles. The topological polar surface area (TPSA) is 92.3 Å². The van der Waals surface area contributed by atoms with Gasteiger partial charge >= 0.3 is 6.03 Å². The highest BCUT2D eigenvalue weighted by Gasteiger charge is 2.31. The standard InChI is InChI=1S/C25H24N4O4/c1-29-20-12-8-7-11-18(20)22(16-9-5-4-6-10-16)27-23(24(29)30)28-25(31)26-19-14-13-17(32-2)15-21(19)33-3/h4-15,23H,1-3H3,(H2,26,28,31)/t23-/m1/s1. The van der Waals surface area contributed by atoms with Gasteiger partial charge in [0, 0.05) is 24.2 Å². The van der Waals surface area contributed by atoms with Crippen LogP contribution in [0.15, 0.2) is 77.8 Å². The van der Waals surface area contributed by atoms with Gasteiger partial charge in [0.15, 0.2) is 0 Å². The first-order chi connectivity index (χ1) is 16.0. The molecule has 1 aliphatic rings. The number of methoxy groups -OCH3 is 2. The van der Waals surface area contributed by atoms with Gasteiger partial charge in [-0.1, -0.05) is 48.5 Å². The van der Waals surface area contributed by atoms with Crippen LogP contribution in [0.5, 0.6) is 11.5 Å². The molecule has 0 fully saturated rings. The van der Waals surface area contributed by atoms with Crippen molar-refractivity contribution < 1.29 is 19.1 Å². The van der Waals surface area contributed by atoms with Crippen molar-refractivity contribution in [2.24, 2.45) is 4.99 Å². The number of nitrogens with zero attached hydrogens (tertiary/aromatic N) is 2. The van der Waals surface area contributed by atoms with Crippen LogP contribution in [0, 0.1) is 0 Å². The van der Waals surface area contributed by atoms with Gasteiger partial charge in [0.2, 0.25) is 6.17 Å². The van der Waals surface area contributed by atoms with Crippen molar-refractivity contribution in [1.82, 2.24) is 5.32 Å². The average molecular weight is 444 g/mol. The number of urea groups is 1. The molecule has 0 saturated heterocycles. The number of hydrogen-bond acceptors (Lipinski definition) is 5. The number of para-hydroxylation sites is 1. The SMILES string of the molecule is COc1ccc(NC(=O)N[C@H]2N=C(c3ccccc3)c3ccccc3N(C)C2=O)c(OC)c1. The number of nitrogens with one attached hydrogen (secondary N) is 2. The maximum atomic E-state index is 13.2. The van der Waals surface area contributed by atoms with E-state index < -0.39 is 12.2 Å². The molecule has 3 aromatic rings. The average Bonchev–Trinajstić information content (AvgIpc) is 2.95. The van der Waals surface area contributed by atoms with Crippen molar-refractivity contribution in [3.05, 3.63) is 83.9 Å². The Hall–Kier alpha value is -4.33. The Morgan fingerprint density at radius 3 is 2.42 bits per heavy atom. The molecule has 0 spiro atoms. The summed E-state index contributed by atoms with van der Waals surface area (Å²) in [4.78, 5) is 32.2. The summed E-state index contributed by atoms with van der Waals surface area (Å²) in [5.41, 5.74) is 3.42. The molecule has 0 radical (unpaired) electrons. The maximum Gasteiger partial charge on any atom is 0.321 e. The second-order valence-electron chi connectivity index (χ2n) is 7.33. The number of rotatable bonds is 5. The zero-order chi connectivity index (χ0) is 23.4. The number of amides is 3. The third-order valence-electron chi connectivity index (χ3n) is 5.32. The Balaban J connectivity index is 1.66. The number of anilines is 2. The van der Waals surface area contributed by atoms with Crippen LogP contribution in [0.3, 0.4) is 0 Å². The van der Waals surface area contributed by atoms with E-state index in [2.05, 4.69) is 15.6 Å². The highest BCUT2D eigenvalue weighted by atomic mass is 16.5. The van der Waals surface area contributed by atoms with Crippen LogP contribution in [0.4, 0.5) is 16.2 Å². The molecule has 168 valence electrons. The van der Waals surface area contributed by atoms with Gasteiger partial charge in [-0.3, -0.25) is 4.79 Å². The van der Waals surface area contributed by atoms with Crippen molar-refractivity contribution in [1.29, 1.82) is 0 Å². The second kappa shape index (κ2) is 9.44. The third kappa shape index (κ3) is 4.50. The van der Waals surface area contributed by atoms with E-state index in [0.29, 0.717) is 28.6 Å². The minimum Gasteiger partial charge on any atom is -0.497 e. The summed E-state index contributed by atoms with van der Waals surface area (Å²) in [5, 5.41) is 5.41. The molecule has 0 aliphatic carbocycles. The Kier molecular flexibility index (Phi) is 6.26. The van der Waals surface area contributed by atoms with Gasteiger partial charge in [-0.2, -0.15) is 0 Å². The first-order valence-corrected chi connectivity index (χ1v) is 10.3. The maximum absolute atomic E-state index is 13.2. The van der Waals surface area contributed by atoms with Crippen molar-refractivity contribution in [2.45, 2.75) is 6.17 Å². The summed E-state index contributed by atoms with van der Waals surface area (Å²) in [6.07, 6.45) is -1.12. The van der Waals surface area contributed by atoms with E-state index >= 15 is 0 Å². The summed E-state index contributed by atoms with van der Waals surface area (Å²) >= 11 is 0. The lowest BCUT2D eigenvalue weighted by Crippen LogP contribution is -2.47. The number of aliphatic imine (C=N–C) groups is 1. The predicted molar refractivity (Wildman–Crippen MR) is 127 cm³/mol. The number of ether oxygens (including phenoxy) is 2. The van der Waals surface area contributed by atoms with Crippen LogP contribution < -0.4 is 25.0 Å². The number of hydrogen-bond donors (Lipinski definition) is 2. The van der Waals surface area contributed by atoms with Gasteiger partial charge in [-0.25, -0.2) is 9.79 Å². The third-order valence-corrected chi connectivity index (χ3v) is 5.32. The molecule has 1 heterocycles. The largest absolute Gasteiger partial charge is 0.497 e. The highest BCUT2D eigenvalue weighted by molar-refractivity contribution is 6.20. The monoisotopic (exact) mass is 444 g/mol. The Morgan fingerprint density at radius 1 is 0.970 bits per heavy atom. The number of benzodiazepines with no additional fused rings is 1. The molecule has 1 atom stereocenters. The summed E-state index contributed by atoms with van der Waals surface area (Å²) in [7, 11) is 4.71. The number of carbonyl (C=O) groups is 2. The second-order valence-corrected chi connectivity index (χ2v) is 7.33. The van der Waals surface area contributed by atoms with Crippen molar-refractivity contribution in [3.8, 4) is 11.5 Å². The lowest BCUT2D eigenvalue weighted by molar-refractivity contribution is -0.119. The molecule has 0 saturated carbocycles. The van der Waals surface area contributed by atoms with Crippen LogP contribution in [0.25, 0.3) is 0 Å². The van der Waals surface area contributed by atoms with Gasteiger partial charge in [0.25, 0.3) is 5.91 Å². The minimum absolute atomic E-state index is 0.356. The predicted octanol–water partition coefficient (Wildman–Crippen LogP) is 3.67. The number of carbonyl (C=O) groups excluding carboxylic acids is 2. The summed E-state index contributed by atoms with van der Waals surface area (Å²) in [6.45, 7) is 0. The summed E-state index contributed by atoms with van der Waals surface area (Å²) < 4.78 is 10.5. The van der Waals surface area contributed by atoms with Gasteiger partial charge in [0.1, 0.15) is 11.5 Å². The van der Waals surface area contributed by atoms with E-state index in [-0.39, 0.29) is 5.91 Å². The number of likely N-dealkylation sites (N-methyl/N-ethyl adjacent to an activating group) is 1. The normalized spacial score (nSPS) is 15.1. The van der Waals surface area contributed by atoms with Crippen LogP contribution in [0.1, 0.15) is 11.1 Å². The Labute approximate surface area is 191 Å². The van der Waals surface area contributed by atoms with Crippen LogP contribution >= 0.6 is 0 Å². The lowest BCUT2D eigenvalue weighted by atomic mass is 10.0. The fraction of sp³-hybridized carbons (Fsp3) is 0.160. The molecule has 8 heteroatoms. The Morgan fingerprint density at radius 2 is 1.70 bits per heavy atom. The van der Waals surface area contributed by atoms with E-state index in [1.165, 1.54) is 12.0 Å². The molecule has 0 bridgehead atoms. The van der Waals surface area contributed by atoms with E-state index in [0.717, 1.165) is 11.1 Å². The van der Waals surface area contributed by atoms with Crippen LogP contribution in [0.2, 0.25) is 0 Å². The fourth-order valence-corrected chi connectivity index (χ4v) is 3.63. The van der Waals surface area contributed by atoms with Gasteiger partial charge in [-0.15, -0.1) is 0 Å². The zero-order valence-corrected chi connectivity index (χ0v) is 18.5. The molecular weight excluding hydrogens is 420 g/mol. The fourth-order valence-electron chi connectivity index (χ4n) is 3.63. The molecule has 3 aromatic carbocycles. The van der Waals surface area contributed by atoms with E-state index in [1.54, 1.807) is 32.4 Å². The van der Waals surface area contributed by atoms with E-state index in [9.17, 15) is 9.59 Å². The van der Waals surface area contributed by atoms with E-state index in [1.807, 2.05) is 54.6 Å². The highest BCUT2D eigenvalue weighted by Crippen LogP contribution is 2.29. The summed E-state index contributed by atoms with van der Waals surface area (Å²) in [5.74, 6) is 0.660. The number of fused-ring (bicyclic) bond motifs is 1. The molecule has 3 amide bonds. The molecule has 2 N–H and O–H groups in total. The van der Waals surface area contributed by atoms with Gasteiger partial charge in [0.05, 0.1) is 31.3 Å². The summed E-state index contributed by atoms with van der Waals surface area (Å²) in [6, 6.07) is 21.5. The van der Waals surface area contributed by atoms with Gasteiger partial charge in [-0.05, 0) is 18.2 Å². The first kappa shape index (κ1) is 21.9. The lowest BCUT2D eigenvalue weighted by Gasteiger charge is -2.21. The van der Waals surface area contributed by atoms with Crippen LogP contribution in [-0.2, 0) is 4.79 Å². The molecule has 8 nitrogen and oxygen atoms in total. The van der Waals surface area contributed by atoms with E-state index in [4.69, 9.17) is 9.47 Å². The molecular formula is C25H24N4O4. The van der Waals surface area contributed by atoms with Crippen molar-refractivity contribution in [3.63, 3.8) is 0 Å². The smallest absolute Gasteiger partial charge is 0.321 e. The van der Waals surface area contributed by atoms with Gasteiger partial charge < -0.3 is 25.0 Å². The van der Waals surface area contributed by atoms with Crippen LogP contribution in [-0.4, -0.2) is 45.1 Å². The number of benzene rings is 3. The molecule has 33 heavy (non-hydrogen) atoms. The molecule has 0 aromatic heterocycles. The first-order valence-electron chi connectivity index (χ1n) is 10.3. The van der Waals surface area contributed by atoms with Crippen molar-refractivity contribution >= 4 is 29.0 Å². The molecule has 4 rings (SSSR count). The van der Waals surface area contributed by atoms with Crippen molar-refractivity contribution in [2.75, 3.05) is 31.5 Å². The minimum atomic E-state index is -1.12. The zero-order valence-electron chi connectivity index (χ0n) is 18.5. The molecule has 0 unspecified atom stereocenters. The quantitative estimate of drug-likeness (QED) is 0.628.